The van der Waals surface area contributed by atoms with Crippen molar-refractivity contribution in [2.24, 2.45) is 0 Å². The molecule has 2 aromatic carbocycles. The van der Waals surface area contributed by atoms with Gasteiger partial charge in [-0.15, -0.1) is 11.3 Å². The van der Waals surface area contributed by atoms with Crippen molar-refractivity contribution in [2.75, 3.05) is 4.90 Å². The number of Topliss-reactive ketones (excluding diaryl/α,β-unsaturated/α-hetero) is 1. The van der Waals surface area contributed by atoms with Gasteiger partial charge >= 0.3 is 5.91 Å². The van der Waals surface area contributed by atoms with Crippen molar-refractivity contribution in [1.82, 2.24) is 4.98 Å². The van der Waals surface area contributed by atoms with Crippen LogP contribution >= 0.6 is 38.9 Å². The Balaban J connectivity index is 1.95. The Labute approximate surface area is 178 Å². The van der Waals surface area contributed by atoms with E-state index in [4.69, 9.17) is 11.6 Å². The van der Waals surface area contributed by atoms with Gasteiger partial charge in [-0.1, -0.05) is 39.7 Å². The predicted molar refractivity (Wildman–Crippen MR) is 112 cm³/mol. The molecule has 140 valence electrons. The molecule has 1 unspecified atom stereocenters. The minimum Gasteiger partial charge on any atom is -0.507 e. The van der Waals surface area contributed by atoms with Crippen LogP contribution in [0.2, 0.25) is 5.02 Å². The highest BCUT2D eigenvalue weighted by atomic mass is 79.9. The van der Waals surface area contributed by atoms with Crippen molar-refractivity contribution in [3.63, 3.8) is 0 Å². The molecule has 1 fully saturated rings. The van der Waals surface area contributed by atoms with E-state index in [0.29, 0.717) is 21.3 Å². The Morgan fingerprint density at radius 1 is 1.18 bits per heavy atom. The molecule has 1 aliphatic heterocycles. The molecule has 28 heavy (non-hydrogen) atoms. The van der Waals surface area contributed by atoms with E-state index >= 15 is 0 Å². The second-order valence-electron chi connectivity index (χ2n) is 6.05. The number of aromatic nitrogens is 1. The number of aliphatic hydroxyl groups is 1. The van der Waals surface area contributed by atoms with Crippen LogP contribution in [-0.4, -0.2) is 21.8 Å². The van der Waals surface area contributed by atoms with Gasteiger partial charge in [0.25, 0.3) is 5.78 Å². The van der Waals surface area contributed by atoms with Gasteiger partial charge in [0.1, 0.15) is 5.76 Å². The average Bonchev–Trinajstić information content (AvgIpc) is 3.29. The summed E-state index contributed by atoms with van der Waals surface area (Å²) < 4.78 is 0.793. The molecular formula is C20H12BrClN2O3S. The van der Waals surface area contributed by atoms with Crippen LogP contribution in [0.1, 0.15) is 17.2 Å². The van der Waals surface area contributed by atoms with Crippen LogP contribution < -0.4 is 4.90 Å². The molecular weight excluding hydrogens is 464 g/mol. The Morgan fingerprint density at radius 2 is 1.93 bits per heavy atom. The number of hydrogen-bond donors (Lipinski definition) is 1. The Hall–Kier alpha value is -2.48. The summed E-state index contributed by atoms with van der Waals surface area (Å²) in [7, 11) is 0. The molecule has 0 saturated carbocycles. The number of halogens is 2. The van der Waals surface area contributed by atoms with Gasteiger partial charge in [0.15, 0.2) is 5.13 Å². The number of hydrogen-bond acceptors (Lipinski definition) is 5. The Morgan fingerprint density at radius 3 is 2.57 bits per heavy atom. The number of benzene rings is 2. The second-order valence-corrected chi connectivity index (χ2v) is 8.27. The number of rotatable bonds is 3. The predicted octanol–water partition coefficient (Wildman–Crippen LogP) is 5.19. The van der Waals surface area contributed by atoms with E-state index in [1.807, 2.05) is 18.2 Å². The van der Waals surface area contributed by atoms with Gasteiger partial charge in [-0.3, -0.25) is 14.5 Å². The molecule has 4 rings (SSSR count). The number of nitrogens with zero attached hydrogens (tertiary/aromatic N) is 2. The number of carbonyl (C=O) groups is 2. The molecule has 1 N–H and O–H groups in total. The molecule has 1 amide bonds. The lowest BCUT2D eigenvalue weighted by Crippen LogP contribution is -2.29. The highest BCUT2D eigenvalue weighted by molar-refractivity contribution is 9.10. The SMILES string of the molecule is O=C1C(=O)N(c2nccs2)C(c2cccc(Br)c2)C1=C(O)c1ccc(Cl)cc1. The van der Waals surface area contributed by atoms with Gasteiger partial charge in [-0.2, -0.15) is 0 Å². The van der Waals surface area contributed by atoms with Gasteiger partial charge in [0.2, 0.25) is 0 Å². The van der Waals surface area contributed by atoms with Gasteiger partial charge < -0.3 is 5.11 Å². The Bertz CT molecular complexity index is 1100. The largest absolute Gasteiger partial charge is 0.507 e. The van der Waals surface area contributed by atoms with Gasteiger partial charge in [-0.25, -0.2) is 4.98 Å². The molecule has 0 bridgehead atoms. The van der Waals surface area contributed by atoms with Gasteiger partial charge in [0.05, 0.1) is 11.6 Å². The molecule has 1 atom stereocenters. The summed E-state index contributed by atoms with van der Waals surface area (Å²) in [5.41, 5.74) is 1.10. The molecule has 5 nitrogen and oxygen atoms in total. The molecule has 1 aromatic heterocycles. The topological polar surface area (TPSA) is 70.5 Å². The number of ketones is 1. The van der Waals surface area contributed by atoms with Crippen molar-refractivity contribution in [2.45, 2.75) is 6.04 Å². The molecule has 1 aliphatic rings. The summed E-state index contributed by atoms with van der Waals surface area (Å²) in [6.07, 6.45) is 1.57. The first kappa shape index (κ1) is 18.9. The summed E-state index contributed by atoms with van der Waals surface area (Å²) in [4.78, 5) is 31.3. The average molecular weight is 476 g/mol. The number of aliphatic hydroxyl groups excluding tert-OH is 1. The van der Waals surface area contributed by atoms with Gasteiger partial charge in [-0.05, 0) is 42.0 Å². The highest BCUT2D eigenvalue weighted by Gasteiger charge is 2.47. The van der Waals surface area contributed by atoms with Crippen LogP contribution in [0.5, 0.6) is 0 Å². The summed E-state index contributed by atoms with van der Waals surface area (Å²) in [5, 5.41) is 13.5. The van der Waals surface area contributed by atoms with E-state index in [2.05, 4.69) is 20.9 Å². The number of amides is 1. The van der Waals surface area contributed by atoms with E-state index in [1.165, 1.54) is 16.2 Å². The maximum Gasteiger partial charge on any atom is 0.301 e. The van der Waals surface area contributed by atoms with Crippen LogP contribution in [0, 0.1) is 0 Å². The van der Waals surface area contributed by atoms with Crippen LogP contribution in [0.25, 0.3) is 5.76 Å². The van der Waals surface area contributed by atoms with Gasteiger partial charge in [0, 0.05) is 26.6 Å². The molecule has 0 spiro atoms. The quantitative estimate of drug-likeness (QED) is 0.322. The molecule has 2 heterocycles. The van der Waals surface area contributed by atoms with Crippen molar-refractivity contribution < 1.29 is 14.7 Å². The number of carbonyl (C=O) groups excluding carboxylic acids is 2. The van der Waals surface area contributed by atoms with Crippen LogP contribution in [0.4, 0.5) is 5.13 Å². The minimum absolute atomic E-state index is 0.0145. The maximum atomic E-state index is 12.9. The fourth-order valence-electron chi connectivity index (χ4n) is 3.12. The molecule has 0 radical (unpaired) electrons. The van der Waals surface area contributed by atoms with E-state index in [9.17, 15) is 14.7 Å². The highest BCUT2D eigenvalue weighted by Crippen LogP contribution is 2.43. The lowest BCUT2D eigenvalue weighted by molar-refractivity contribution is -0.132. The molecule has 1 saturated heterocycles. The Kier molecular flexibility index (Phi) is 5.05. The zero-order chi connectivity index (χ0) is 19.8. The van der Waals surface area contributed by atoms with E-state index in [0.717, 1.165) is 4.47 Å². The van der Waals surface area contributed by atoms with E-state index in [1.54, 1.807) is 41.9 Å². The first-order valence-electron chi connectivity index (χ1n) is 8.19. The van der Waals surface area contributed by atoms with Crippen LogP contribution in [-0.2, 0) is 9.59 Å². The van der Waals surface area contributed by atoms with Crippen molar-refractivity contribution >= 4 is 61.4 Å². The summed E-state index contributed by atoms with van der Waals surface area (Å²) in [5.74, 6) is -1.73. The fraction of sp³-hybridized carbons (Fsp3) is 0.0500. The third kappa shape index (κ3) is 3.26. The van der Waals surface area contributed by atoms with E-state index < -0.39 is 17.7 Å². The first-order valence-corrected chi connectivity index (χ1v) is 10.2. The molecule has 8 heteroatoms. The molecule has 3 aromatic rings. The normalized spacial score (nSPS) is 18.6. The third-order valence-electron chi connectivity index (χ3n) is 4.35. The van der Waals surface area contributed by atoms with Crippen molar-refractivity contribution in [3.05, 3.63) is 86.3 Å². The second kappa shape index (κ2) is 7.50. The number of anilines is 1. The smallest absolute Gasteiger partial charge is 0.301 e. The lowest BCUT2D eigenvalue weighted by Gasteiger charge is -2.23. The fourth-order valence-corrected chi connectivity index (χ4v) is 4.33. The van der Waals surface area contributed by atoms with Crippen LogP contribution in [0.15, 0.2) is 70.2 Å². The van der Waals surface area contributed by atoms with Crippen LogP contribution in [0.3, 0.4) is 0 Å². The zero-order valence-corrected chi connectivity index (χ0v) is 17.3. The summed E-state index contributed by atoms with van der Waals surface area (Å²) in [6, 6.07) is 12.9. The zero-order valence-electron chi connectivity index (χ0n) is 14.2. The number of thiazole rings is 1. The summed E-state index contributed by atoms with van der Waals surface area (Å²) in [6.45, 7) is 0. The molecule has 0 aliphatic carbocycles. The minimum atomic E-state index is -0.792. The first-order chi connectivity index (χ1) is 13.5. The maximum absolute atomic E-state index is 12.9. The monoisotopic (exact) mass is 474 g/mol. The third-order valence-corrected chi connectivity index (χ3v) is 5.87. The van der Waals surface area contributed by atoms with Crippen molar-refractivity contribution in [3.8, 4) is 0 Å². The summed E-state index contributed by atoms with van der Waals surface area (Å²) >= 11 is 10.6. The van der Waals surface area contributed by atoms with E-state index in [-0.39, 0.29) is 11.3 Å². The standard InChI is InChI=1S/C20H12BrClN2O3S/c21-13-3-1-2-12(10-13)16-15(17(25)11-4-6-14(22)7-5-11)18(26)19(27)24(16)20-23-8-9-28-20/h1-10,16,25H. The van der Waals surface area contributed by atoms with Crippen molar-refractivity contribution in [1.29, 1.82) is 0 Å². The lowest BCUT2D eigenvalue weighted by atomic mass is 9.95.